The zero-order valence-electron chi connectivity index (χ0n) is 18.5. The van der Waals surface area contributed by atoms with Crippen molar-refractivity contribution >= 4 is 12.0 Å². The molecule has 10 heteroatoms. The number of amides is 2. The van der Waals surface area contributed by atoms with Gasteiger partial charge in [0.25, 0.3) is 0 Å². The van der Waals surface area contributed by atoms with Gasteiger partial charge in [-0.2, -0.15) is 9.67 Å². The number of carbonyl (C=O) groups excluding carboxylic acids is 1. The van der Waals surface area contributed by atoms with Crippen LogP contribution in [0.2, 0.25) is 0 Å². The summed E-state index contributed by atoms with van der Waals surface area (Å²) in [6, 6.07) is 12.5. The molecule has 174 valence electrons. The number of aromatic nitrogens is 3. The number of benzene rings is 2. The van der Waals surface area contributed by atoms with Gasteiger partial charge in [-0.1, -0.05) is 24.3 Å². The lowest BCUT2D eigenvalue weighted by molar-refractivity contribution is 0.159. The van der Waals surface area contributed by atoms with Crippen molar-refractivity contribution in [3.8, 4) is 5.69 Å². The third-order valence-electron chi connectivity index (χ3n) is 5.63. The smallest absolute Gasteiger partial charge is 0.321 e. The van der Waals surface area contributed by atoms with Gasteiger partial charge in [0, 0.05) is 32.7 Å². The Morgan fingerprint density at radius 3 is 2.67 bits per heavy atom. The maximum atomic E-state index is 13.9. The molecule has 2 N–H and O–H groups in total. The van der Waals surface area contributed by atoms with Gasteiger partial charge >= 0.3 is 6.03 Å². The van der Waals surface area contributed by atoms with Crippen molar-refractivity contribution in [3.63, 3.8) is 0 Å². The van der Waals surface area contributed by atoms with E-state index in [0.29, 0.717) is 37.6 Å². The summed E-state index contributed by atoms with van der Waals surface area (Å²) < 4.78 is 34.1. The Bertz CT molecular complexity index is 1110. The number of carbonyl (C=O) groups is 1. The fraction of sp³-hybridized carbons (Fsp3) is 0.348. The highest BCUT2D eigenvalue weighted by atomic mass is 19.2. The molecule has 33 heavy (non-hydrogen) atoms. The summed E-state index contributed by atoms with van der Waals surface area (Å²) in [7, 11) is 1.62. The minimum absolute atomic E-state index is 0.212. The minimum Gasteiger partial charge on any atom is -0.383 e. The van der Waals surface area contributed by atoms with Crippen LogP contribution < -0.4 is 10.6 Å². The Morgan fingerprint density at radius 2 is 1.94 bits per heavy atom. The molecular weight excluding hydrogens is 430 g/mol. The quantitative estimate of drug-likeness (QED) is 0.571. The van der Waals surface area contributed by atoms with E-state index in [9.17, 15) is 13.6 Å². The zero-order valence-corrected chi connectivity index (χ0v) is 18.5. The first-order chi connectivity index (χ1) is 15.9. The Balaban J connectivity index is 1.51. The number of anilines is 1. The molecule has 2 unspecified atom stereocenters. The third-order valence-corrected chi connectivity index (χ3v) is 5.63. The van der Waals surface area contributed by atoms with E-state index >= 15 is 0 Å². The number of nitrogens with one attached hydrogen (secondary N) is 2. The second-order valence-electron chi connectivity index (χ2n) is 7.97. The summed E-state index contributed by atoms with van der Waals surface area (Å²) in [5, 5.41) is 10.1. The molecule has 3 aromatic rings. The number of likely N-dealkylation sites (tertiary alicyclic amines) is 1. The average molecular weight is 456 g/mol. The fourth-order valence-electron chi connectivity index (χ4n) is 4.07. The first-order valence-corrected chi connectivity index (χ1v) is 10.7. The van der Waals surface area contributed by atoms with Crippen LogP contribution in [0.25, 0.3) is 5.69 Å². The third kappa shape index (κ3) is 5.35. The maximum absolute atomic E-state index is 13.9. The topological polar surface area (TPSA) is 84.3 Å². The molecule has 0 saturated carbocycles. The van der Waals surface area contributed by atoms with Crippen LogP contribution in [0, 0.1) is 18.6 Å². The van der Waals surface area contributed by atoms with Crippen molar-refractivity contribution < 1.29 is 18.3 Å². The number of methoxy groups -OCH3 is 1. The predicted molar refractivity (Wildman–Crippen MR) is 119 cm³/mol. The summed E-state index contributed by atoms with van der Waals surface area (Å²) in [4.78, 5) is 19.3. The van der Waals surface area contributed by atoms with Crippen LogP contribution in [0.3, 0.4) is 0 Å². The van der Waals surface area contributed by atoms with E-state index < -0.39 is 17.7 Å². The Hall–Kier alpha value is -3.37. The lowest BCUT2D eigenvalue weighted by atomic mass is 9.94. The van der Waals surface area contributed by atoms with Gasteiger partial charge in [-0.15, -0.1) is 5.10 Å². The van der Waals surface area contributed by atoms with Gasteiger partial charge in [-0.3, -0.25) is 10.2 Å². The fourth-order valence-corrected chi connectivity index (χ4v) is 4.07. The lowest BCUT2D eigenvalue weighted by Crippen LogP contribution is -2.42. The van der Waals surface area contributed by atoms with Crippen LogP contribution in [0.1, 0.15) is 17.3 Å². The van der Waals surface area contributed by atoms with E-state index in [-0.39, 0.29) is 17.9 Å². The highest BCUT2D eigenvalue weighted by Crippen LogP contribution is 2.29. The SMILES string of the molecule is COCCN1CC(NC(=O)Nc2nc(C)nn2-c2ccccc2)C(c2ccc(F)c(F)c2)C1. The summed E-state index contributed by atoms with van der Waals surface area (Å²) in [5.74, 6) is -1.21. The first-order valence-electron chi connectivity index (χ1n) is 10.7. The first kappa shape index (κ1) is 22.8. The van der Waals surface area contributed by atoms with Crippen LogP contribution in [-0.2, 0) is 4.74 Å². The van der Waals surface area contributed by atoms with E-state index in [1.165, 1.54) is 6.07 Å². The highest BCUT2D eigenvalue weighted by molar-refractivity contribution is 5.88. The average Bonchev–Trinajstić information content (AvgIpc) is 3.37. The Kier molecular flexibility index (Phi) is 6.95. The summed E-state index contributed by atoms with van der Waals surface area (Å²) in [6.07, 6.45) is 0. The highest BCUT2D eigenvalue weighted by Gasteiger charge is 2.35. The van der Waals surface area contributed by atoms with Gasteiger partial charge in [0.2, 0.25) is 5.95 Å². The number of para-hydroxylation sites is 1. The number of hydrogen-bond donors (Lipinski definition) is 2. The molecule has 1 fully saturated rings. The van der Waals surface area contributed by atoms with Crippen LogP contribution >= 0.6 is 0 Å². The van der Waals surface area contributed by atoms with Gasteiger partial charge in [0.15, 0.2) is 11.6 Å². The number of nitrogens with zero attached hydrogens (tertiary/aromatic N) is 4. The van der Waals surface area contributed by atoms with Crippen molar-refractivity contribution in [1.29, 1.82) is 0 Å². The molecule has 1 aromatic heterocycles. The van der Waals surface area contributed by atoms with Gasteiger partial charge in [0.1, 0.15) is 5.82 Å². The summed E-state index contributed by atoms with van der Waals surface area (Å²) >= 11 is 0. The van der Waals surface area contributed by atoms with Crippen molar-refractivity contribution in [2.45, 2.75) is 18.9 Å². The van der Waals surface area contributed by atoms with E-state index in [1.54, 1.807) is 24.8 Å². The second kappa shape index (κ2) is 10.1. The molecule has 4 rings (SSSR count). The van der Waals surface area contributed by atoms with E-state index in [2.05, 4.69) is 25.6 Å². The molecule has 0 aliphatic carbocycles. The molecule has 2 amide bonds. The number of aryl methyl sites for hydroxylation is 1. The van der Waals surface area contributed by atoms with Crippen LogP contribution in [0.5, 0.6) is 0 Å². The van der Waals surface area contributed by atoms with Crippen LogP contribution in [0.15, 0.2) is 48.5 Å². The van der Waals surface area contributed by atoms with Crippen LogP contribution in [0.4, 0.5) is 19.5 Å². The molecule has 0 spiro atoms. The molecule has 2 heterocycles. The van der Waals surface area contributed by atoms with Crippen molar-refractivity contribution in [2.24, 2.45) is 0 Å². The molecule has 2 atom stereocenters. The molecular formula is C23H26F2N6O2. The van der Waals surface area contributed by atoms with Crippen molar-refractivity contribution in [1.82, 2.24) is 25.0 Å². The largest absolute Gasteiger partial charge is 0.383 e. The Morgan fingerprint density at radius 1 is 1.15 bits per heavy atom. The molecule has 2 aromatic carbocycles. The van der Waals surface area contributed by atoms with E-state index in [4.69, 9.17) is 4.74 Å². The van der Waals surface area contributed by atoms with Crippen molar-refractivity contribution in [2.75, 3.05) is 38.7 Å². The van der Waals surface area contributed by atoms with Crippen molar-refractivity contribution in [3.05, 3.63) is 71.6 Å². The molecule has 0 bridgehead atoms. The van der Waals surface area contributed by atoms with E-state index in [1.807, 2.05) is 30.3 Å². The standard InChI is InChI=1S/C23H26F2N6O2/c1-15-26-22(31(29-15)17-6-4-3-5-7-17)28-23(32)27-21-14-30(10-11-33-2)13-18(21)16-8-9-19(24)20(25)12-16/h3-9,12,18,21H,10-11,13-14H2,1-2H3,(H2,26,27,28,29,32). The molecule has 8 nitrogen and oxygen atoms in total. The minimum atomic E-state index is -0.905. The lowest BCUT2D eigenvalue weighted by Gasteiger charge is -2.20. The predicted octanol–water partition coefficient (Wildman–Crippen LogP) is 3.09. The van der Waals surface area contributed by atoms with E-state index in [0.717, 1.165) is 11.8 Å². The van der Waals surface area contributed by atoms with Crippen LogP contribution in [-0.4, -0.2) is 65.1 Å². The van der Waals surface area contributed by atoms with Gasteiger partial charge in [0.05, 0.1) is 18.3 Å². The molecule has 1 aliphatic heterocycles. The summed E-state index contributed by atoms with van der Waals surface area (Å²) in [6.45, 7) is 4.07. The molecule has 0 radical (unpaired) electrons. The second-order valence-corrected chi connectivity index (χ2v) is 7.97. The number of urea groups is 1. The summed E-state index contributed by atoms with van der Waals surface area (Å²) in [5.41, 5.74) is 1.39. The zero-order chi connectivity index (χ0) is 23.4. The maximum Gasteiger partial charge on any atom is 0.321 e. The normalized spacial score (nSPS) is 18.4. The molecule has 1 saturated heterocycles. The number of ether oxygens (including phenoxy) is 1. The number of rotatable bonds is 7. The number of halogens is 2. The van der Waals surface area contributed by atoms with Gasteiger partial charge in [-0.05, 0) is 36.8 Å². The van der Waals surface area contributed by atoms with Gasteiger partial charge < -0.3 is 10.1 Å². The molecule has 1 aliphatic rings. The van der Waals surface area contributed by atoms with Gasteiger partial charge in [-0.25, -0.2) is 13.6 Å². The monoisotopic (exact) mass is 456 g/mol. The number of hydrogen-bond acceptors (Lipinski definition) is 5. The Labute approximate surface area is 190 Å².